The largest absolute Gasteiger partial charge is 0.352 e. The highest BCUT2D eigenvalue weighted by Crippen LogP contribution is 2.37. The van der Waals surface area contributed by atoms with Crippen LogP contribution in [-0.4, -0.2) is 22.6 Å². The van der Waals surface area contributed by atoms with Gasteiger partial charge in [0.1, 0.15) is 0 Å². The maximum Gasteiger partial charge on any atom is 0.257 e. The monoisotopic (exact) mass is 453 g/mol. The molecule has 0 spiro atoms. The normalized spacial score (nSPS) is 11.6. The van der Waals surface area contributed by atoms with Crippen molar-refractivity contribution in [2.24, 2.45) is 0 Å². The van der Waals surface area contributed by atoms with Crippen molar-refractivity contribution in [3.8, 4) is 22.4 Å². The predicted molar refractivity (Wildman–Crippen MR) is 128 cm³/mol. The number of rotatable bonds is 5. The van der Waals surface area contributed by atoms with E-state index in [2.05, 4.69) is 15.6 Å². The molecule has 7 heteroatoms. The Hall–Kier alpha value is -4.10. The summed E-state index contributed by atoms with van der Waals surface area (Å²) in [7, 11) is 0. The molecular formula is C26H19N3O3S. The summed E-state index contributed by atoms with van der Waals surface area (Å²) in [6.07, 6.45) is 0. The molecule has 1 heterocycles. The molecule has 162 valence electrons. The van der Waals surface area contributed by atoms with Gasteiger partial charge in [-0.1, -0.05) is 54.6 Å². The summed E-state index contributed by atoms with van der Waals surface area (Å²) in [6.45, 7) is 1.96. The number of fused-ring (bicyclic) bond motifs is 3. The Morgan fingerprint density at radius 2 is 1.64 bits per heavy atom. The smallest absolute Gasteiger partial charge is 0.257 e. The van der Waals surface area contributed by atoms with Crippen molar-refractivity contribution in [3.63, 3.8) is 0 Å². The molecule has 0 bridgehead atoms. The second kappa shape index (κ2) is 8.44. The molecule has 0 atom stereocenters. The number of benzene rings is 3. The fourth-order valence-electron chi connectivity index (χ4n) is 3.82. The predicted octanol–water partition coefficient (Wildman–Crippen LogP) is 4.91. The van der Waals surface area contributed by atoms with Gasteiger partial charge < -0.3 is 5.32 Å². The second-order valence-electron chi connectivity index (χ2n) is 7.73. The van der Waals surface area contributed by atoms with Crippen molar-refractivity contribution in [1.82, 2.24) is 10.3 Å². The van der Waals surface area contributed by atoms with E-state index in [-0.39, 0.29) is 17.6 Å². The number of nitrogens with one attached hydrogen (secondary N) is 2. The highest BCUT2D eigenvalue weighted by molar-refractivity contribution is 7.14. The minimum absolute atomic E-state index is 0.0614. The Labute approximate surface area is 194 Å². The Balaban J connectivity index is 1.30. The summed E-state index contributed by atoms with van der Waals surface area (Å²) in [6, 6.07) is 20.4. The Morgan fingerprint density at radius 3 is 2.39 bits per heavy atom. The van der Waals surface area contributed by atoms with Crippen LogP contribution in [0.5, 0.6) is 0 Å². The quantitative estimate of drug-likeness (QED) is 0.396. The third kappa shape index (κ3) is 4.06. The van der Waals surface area contributed by atoms with Crippen molar-refractivity contribution in [3.05, 3.63) is 94.4 Å². The zero-order chi connectivity index (χ0) is 22.9. The lowest BCUT2D eigenvalue weighted by molar-refractivity contribution is -0.119. The summed E-state index contributed by atoms with van der Waals surface area (Å²) >= 11 is 1.33. The molecule has 0 fully saturated rings. The van der Waals surface area contributed by atoms with E-state index >= 15 is 0 Å². The average Bonchev–Trinajstić information content (AvgIpc) is 3.41. The van der Waals surface area contributed by atoms with Crippen molar-refractivity contribution in [2.45, 2.75) is 13.5 Å². The highest BCUT2D eigenvalue weighted by Gasteiger charge is 2.27. The van der Waals surface area contributed by atoms with Gasteiger partial charge in [-0.05, 0) is 28.8 Å². The number of anilines is 1. The molecule has 0 saturated heterocycles. The number of carbonyl (C=O) groups excluding carboxylic acids is 3. The van der Waals surface area contributed by atoms with Gasteiger partial charge in [0.25, 0.3) is 5.91 Å². The van der Waals surface area contributed by atoms with E-state index in [1.165, 1.54) is 18.3 Å². The molecule has 0 radical (unpaired) electrons. The zero-order valence-corrected chi connectivity index (χ0v) is 18.5. The molecule has 1 aromatic heterocycles. The number of ketones is 1. The third-order valence-corrected chi connectivity index (χ3v) is 6.26. The lowest BCUT2D eigenvalue weighted by Gasteiger charge is -2.05. The van der Waals surface area contributed by atoms with Crippen molar-refractivity contribution >= 4 is 34.1 Å². The van der Waals surface area contributed by atoms with Gasteiger partial charge in [-0.25, -0.2) is 4.98 Å². The Bertz CT molecular complexity index is 1410. The maximum absolute atomic E-state index is 12.8. The molecule has 2 amide bonds. The van der Waals surface area contributed by atoms with Crippen LogP contribution in [0, 0.1) is 0 Å². The molecule has 0 saturated carbocycles. The standard InChI is InChI=1S/C26H19N3O3S/c1-15(30)27-13-16-6-8-17(9-7-16)23-14-33-26(28-23)29-25(32)18-10-11-20-19-4-2-3-5-21(19)24(31)22(20)12-18/h2-12,14H,13H2,1H3,(H,27,30)(H,28,29,32). The first-order valence-corrected chi connectivity index (χ1v) is 11.3. The number of aromatic nitrogens is 1. The number of thiazole rings is 1. The second-order valence-corrected chi connectivity index (χ2v) is 8.59. The number of nitrogens with zero attached hydrogens (tertiary/aromatic N) is 1. The summed E-state index contributed by atoms with van der Waals surface area (Å²) < 4.78 is 0. The van der Waals surface area contributed by atoms with Gasteiger partial charge in [-0.15, -0.1) is 11.3 Å². The van der Waals surface area contributed by atoms with Gasteiger partial charge in [0.05, 0.1) is 5.69 Å². The number of hydrogen-bond donors (Lipinski definition) is 2. The van der Waals surface area contributed by atoms with Crippen LogP contribution < -0.4 is 10.6 Å². The summed E-state index contributed by atoms with van der Waals surface area (Å²) in [4.78, 5) is 41.1. The molecule has 6 nitrogen and oxygen atoms in total. The van der Waals surface area contributed by atoms with E-state index in [9.17, 15) is 14.4 Å². The zero-order valence-electron chi connectivity index (χ0n) is 17.7. The minimum atomic E-state index is -0.312. The Kier molecular flexibility index (Phi) is 5.32. The van der Waals surface area contributed by atoms with Crippen molar-refractivity contribution in [1.29, 1.82) is 0 Å². The molecule has 3 aromatic carbocycles. The van der Waals surface area contributed by atoms with Crippen LogP contribution in [0.4, 0.5) is 5.13 Å². The van der Waals surface area contributed by atoms with E-state index in [0.717, 1.165) is 27.9 Å². The number of carbonyl (C=O) groups is 3. The van der Waals surface area contributed by atoms with Gasteiger partial charge in [-0.3, -0.25) is 19.7 Å². The van der Waals surface area contributed by atoms with Gasteiger partial charge >= 0.3 is 0 Å². The van der Waals surface area contributed by atoms with Crippen LogP contribution in [0.2, 0.25) is 0 Å². The first-order valence-electron chi connectivity index (χ1n) is 10.4. The minimum Gasteiger partial charge on any atom is -0.352 e. The van der Waals surface area contributed by atoms with Crippen molar-refractivity contribution < 1.29 is 14.4 Å². The van der Waals surface area contributed by atoms with Crippen LogP contribution in [0.3, 0.4) is 0 Å². The lowest BCUT2D eigenvalue weighted by atomic mass is 10.0. The van der Waals surface area contributed by atoms with Crippen LogP contribution in [0.25, 0.3) is 22.4 Å². The fraction of sp³-hybridized carbons (Fsp3) is 0.0769. The lowest BCUT2D eigenvalue weighted by Crippen LogP contribution is -2.18. The topological polar surface area (TPSA) is 88.2 Å². The molecular weight excluding hydrogens is 434 g/mol. The first-order chi connectivity index (χ1) is 16.0. The van der Waals surface area contributed by atoms with Gasteiger partial charge in [-0.2, -0.15) is 0 Å². The molecule has 0 aliphatic heterocycles. The first kappa shape index (κ1) is 20.8. The summed E-state index contributed by atoms with van der Waals surface area (Å²) in [5, 5.41) is 7.95. The van der Waals surface area contributed by atoms with E-state index in [1.807, 2.05) is 53.9 Å². The van der Waals surface area contributed by atoms with E-state index < -0.39 is 0 Å². The Morgan fingerprint density at radius 1 is 0.909 bits per heavy atom. The molecule has 4 aromatic rings. The highest BCUT2D eigenvalue weighted by atomic mass is 32.1. The van der Waals surface area contributed by atoms with E-state index in [4.69, 9.17) is 0 Å². The molecule has 5 rings (SSSR count). The molecule has 0 unspecified atom stereocenters. The number of hydrogen-bond acceptors (Lipinski definition) is 5. The van der Waals surface area contributed by atoms with E-state index in [0.29, 0.717) is 28.4 Å². The van der Waals surface area contributed by atoms with Crippen LogP contribution in [0.1, 0.15) is 38.8 Å². The molecule has 33 heavy (non-hydrogen) atoms. The molecule has 2 N–H and O–H groups in total. The maximum atomic E-state index is 12.8. The third-order valence-electron chi connectivity index (χ3n) is 5.50. The molecule has 1 aliphatic rings. The van der Waals surface area contributed by atoms with Gasteiger partial charge in [0, 0.05) is 41.1 Å². The average molecular weight is 454 g/mol. The van der Waals surface area contributed by atoms with Crippen LogP contribution >= 0.6 is 11.3 Å². The van der Waals surface area contributed by atoms with E-state index in [1.54, 1.807) is 18.2 Å². The molecule has 1 aliphatic carbocycles. The number of amides is 2. The van der Waals surface area contributed by atoms with Crippen LogP contribution in [-0.2, 0) is 11.3 Å². The summed E-state index contributed by atoms with van der Waals surface area (Å²) in [5.41, 5.74) is 6.03. The fourth-order valence-corrected chi connectivity index (χ4v) is 4.54. The van der Waals surface area contributed by atoms with Gasteiger partial charge in [0.2, 0.25) is 5.91 Å². The van der Waals surface area contributed by atoms with Gasteiger partial charge in [0.15, 0.2) is 10.9 Å². The summed E-state index contributed by atoms with van der Waals surface area (Å²) in [5.74, 6) is -0.446. The van der Waals surface area contributed by atoms with Crippen molar-refractivity contribution in [2.75, 3.05) is 5.32 Å². The van der Waals surface area contributed by atoms with Crippen LogP contribution in [0.15, 0.2) is 72.1 Å². The SMILES string of the molecule is CC(=O)NCc1ccc(-c2csc(NC(=O)c3ccc4c(c3)C(=O)c3ccccc3-4)n2)cc1.